The number of nitrogens with zero attached hydrogens (tertiary/aromatic N) is 1. The normalized spacial score (nSPS) is 11.3. The van der Waals surface area contributed by atoms with E-state index >= 15 is 0 Å². The Hall–Kier alpha value is -2.64. The van der Waals surface area contributed by atoms with Crippen LogP contribution in [0.25, 0.3) is 0 Å². The highest BCUT2D eigenvalue weighted by atomic mass is 35.5. The van der Waals surface area contributed by atoms with Crippen LogP contribution < -0.4 is 10.3 Å². The van der Waals surface area contributed by atoms with E-state index in [1.165, 1.54) is 12.1 Å². The van der Waals surface area contributed by atoms with E-state index in [9.17, 15) is 13.2 Å². The number of hydrogen-bond acceptors (Lipinski definition) is 4. The molecule has 2 aromatic carbocycles. The van der Waals surface area contributed by atoms with Crippen LogP contribution in [-0.2, 0) is 16.4 Å². The van der Waals surface area contributed by atoms with Crippen LogP contribution in [0, 0.1) is 6.92 Å². The Labute approximate surface area is 155 Å². The van der Waals surface area contributed by atoms with E-state index in [1.807, 2.05) is 6.07 Å². The molecule has 0 aliphatic carbocycles. The SMILES string of the molecule is Cc1nc(NS(=O)(=O)c2ccccc2)[nH]c(=O)c1Cc1cccc(Cl)c1. The first kappa shape index (κ1) is 18.2. The Balaban J connectivity index is 1.89. The van der Waals surface area contributed by atoms with Crippen molar-refractivity contribution in [2.24, 2.45) is 0 Å². The molecule has 0 atom stereocenters. The first-order valence-electron chi connectivity index (χ1n) is 7.77. The summed E-state index contributed by atoms with van der Waals surface area (Å²) in [6.45, 7) is 1.66. The van der Waals surface area contributed by atoms with Gasteiger partial charge in [0.15, 0.2) is 0 Å². The smallest absolute Gasteiger partial charge is 0.264 e. The van der Waals surface area contributed by atoms with E-state index < -0.39 is 15.6 Å². The third-order valence-electron chi connectivity index (χ3n) is 3.78. The van der Waals surface area contributed by atoms with Gasteiger partial charge in [-0.15, -0.1) is 0 Å². The molecule has 1 aromatic heterocycles. The zero-order valence-corrected chi connectivity index (χ0v) is 15.4. The molecule has 6 nitrogen and oxygen atoms in total. The van der Waals surface area contributed by atoms with Gasteiger partial charge in [0.05, 0.1) is 10.6 Å². The highest BCUT2D eigenvalue weighted by Crippen LogP contribution is 2.16. The van der Waals surface area contributed by atoms with Crippen molar-refractivity contribution in [2.45, 2.75) is 18.2 Å². The van der Waals surface area contributed by atoms with Crippen LogP contribution in [0.15, 0.2) is 64.3 Å². The zero-order valence-electron chi connectivity index (χ0n) is 13.9. The first-order valence-corrected chi connectivity index (χ1v) is 9.63. The predicted molar refractivity (Wildman–Crippen MR) is 101 cm³/mol. The fraction of sp³-hybridized carbons (Fsp3) is 0.111. The molecule has 0 spiro atoms. The van der Waals surface area contributed by atoms with Crippen molar-refractivity contribution < 1.29 is 8.42 Å². The van der Waals surface area contributed by atoms with Crippen LogP contribution in [0.4, 0.5) is 5.95 Å². The third kappa shape index (κ3) is 4.12. The van der Waals surface area contributed by atoms with E-state index in [1.54, 1.807) is 43.3 Å². The van der Waals surface area contributed by atoms with E-state index in [-0.39, 0.29) is 10.8 Å². The summed E-state index contributed by atoms with van der Waals surface area (Å²) < 4.78 is 27.0. The monoisotopic (exact) mass is 389 g/mol. The molecule has 26 heavy (non-hydrogen) atoms. The maximum absolute atomic E-state index is 12.4. The average molecular weight is 390 g/mol. The number of H-pyrrole nitrogens is 1. The van der Waals surface area contributed by atoms with Gasteiger partial charge in [-0.2, -0.15) is 0 Å². The quantitative estimate of drug-likeness (QED) is 0.701. The minimum Gasteiger partial charge on any atom is -0.292 e. The Kier molecular flexibility index (Phi) is 5.11. The number of nitrogens with one attached hydrogen (secondary N) is 2. The molecule has 3 aromatic rings. The van der Waals surface area contributed by atoms with Gasteiger partial charge in [0.2, 0.25) is 5.95 Å². The van der Waals surface area contributed by atoms with Crippen LogP contribution in [0.3, 0.4) is 0 Å². The summed E-state index contributed by atoms with van der Waals surface area (Å²) in [4.78, 5) is 19.2. The molecule has 3 rings (SSSR count). The third-order valence-corrected chi connectivity index (χ3v) is 5.37. The number of hydrogen-bond donors (Lipinski definition) is 2. The van der Waals surface area contributed by atoms with E-state index in [4.69, 9.17) is 11.6 Å². The molecule has 0 amide bonds. The number of benzene rings is 2. The zero-order chi connectivity index (χ0) is 18.7. The molecular weight excluding hydrogens is 374 g/mol. The fourth-order valence-corrected chi connectivity index (χ4v) is 3.70. The van der Waals surface area contributed by atoms with E-state index in [2.05, 4.69) is 14.7 Å². The first-order chi connectivity index (χ1) is 12.3. The van der Waals surface area contributed by atoms with E-state index in [0.29, 0.717) is 22.7 Å². The lowest BCUT2D eigenvalue weighted by atomic mass is 10.1. The molecule has 0 fully saturated rings. The lowest BCUT2D eigenvalue weighted by Gasteiger charge is -2.10. The maximum Gasteiger partial charge on any atom is 0.264 e. The van der Waals surface area contributed by atoms with Gasteiger partial charge in [0.1, 0.15) is 0 Å². The van der Waals surface area contributed by atoms with Gasteiger partial charge in [-0.05, 0) is 36.8 Å². The number of rotatable bonds is 5. The van der Waals surface area contributed by atoms with Gasteiger partial charge < -0.3 is 0 Å². The Morgan fingerprint density at radius 1 is 1.12 bits per heavy atom. The average Bonchev–Trinajstić information content (AvgIpc) is 2.59. The lowest BCUT2D eigenvalue weighted by Crippen LogP contribution is -2.22. The molecule has 2 N–H and O–H groups in total. The van der Waals surface area contributed by atoms with Gasteiger partial charge in [0, 0.05) is 17.0 Å². The number of aromatic amines is 1. The summed E-state index contributed by atoms with van der Waals surface area (Å²) in [6.07, 6.45) is 0.348. The molecule has 8 heteroatoms. The van der Waals surface area contributed by atoms with Crippen LogP contribution in [0.1, 0.15) is 16.8 Å². The fourth-order valence-electron chi connectivity index (χ4n) is 2.50. The molecule has 134 valence electrons. The van der Waals surface area contributed by atoms with Crippen molar-refractivity contribution in [3.63, 3.8) is 0 Å². The second-order valence-electron chi connectivity index (χ2n) is 5.70. The second kappa shape index (κ2) is 7.31. The number of halogens is 1. The molecule has 1 heterocycles. The summed E-state index contributed by atoms with van der Waals surface area (Å²) in [7, 11) is -3.82. The Morgan fingerprint density at radius 3 is 2.50 bits per heavy atom. The molecule has 0 radical (unpaired) electrons. The Bertz CT molecular complexity index is 1100. The predicted octanol–water partition coefficient (Wildman–Crippen LogP) is 3.12. The second-order valence-corrected chi connectivity index (χ2v) is 7.82. The Morgan fingerprint density at radius 2 is 1.85 bits per heavy atom. The van der Waals surface area contributed by atoms with Gasteiger partial charge in [0.25, 0.3) is 15.6 Å². The molecule has 0 unspecified atom stereocenters. The summed E-state index contributed by atoms with van der Waals surface area (Å²) in [5.41, 5.74) is 1.36. The van der Waals surface area contributed by atoms with Crippen molar-refractivity contribution in [3.8, 4) is 0 Å². The highest BCUT2D eigenvalue weighted by Gasteiger charge is 2.16. The van der Waals surface area contributed by atoms with Gasteiger partial charge in [-0.25, -0.2) is 18.1 Å². The van der Waals surface area contributed by atoms with Crippen molar-refractivity contribution in [3.05, 3.63) is 86.8 Å². The standard InChI is InChI=1S/C18H16ClN3O3S/c1-12-16(11-13-6-5-7-14(19)10-13)17(23)21-18(20-12)22-26(24,25)15-8-3-2-4-9-15/h2-10H,11H2,1H3,(H2,20,21,22,23). The van der Waals surface area contributed by atoms with Gasteiger partial charge >= 0.3 is 0 Å². The number of aromatic nitrogens is 2. The lowest BCUT2D eigenvalue weighted by molar-refractivity contribution is 0.600. The van der Waals surface area contributed by atoms with Crippen molar-refractivity contribution in [1.29, 1.82) is 0 Å². The minimum atomic E-state index is -3.82. The maximum atomic E-state index is 12.4. The van der Waals surface area contributed by atoms with Crippen LogP contribution in [-0.4, -0.2) is 18.4 Å². The van der Waals surface area contributed by atoms with Crippen molar-refractivity contribution in [1.82, 2.24) is 9.97 Å². The molecule has 0 aliphatic rings. The molecular formula is C18H16ClN3O3S. The summed E-state index contributed by atoms with van der Waals surface area (Å²) in [5.74, 6) is -0.119. The van der Waals surface area contributed by atoms with Crippen LogP contribution >= 0.6 is 11.6 Å². The summed E-state index contributed by atoms with van der Waals surface area (Å²) in [6, 6.07) is 15.0. The van der Waals surface area contributed by atoms with Crippen molar-refractivity contribution in [2.75, 3.05) is 4.72 Å². The van der Waals surface area contributed by atoms with Crippen molar-refractivity contribution >= 4 is 27.6 Å². The molecule has 0 saturated carbocycles. The molecule has 0 saturated heterocycles. The largest absolute Gasteiger partial charge is 0.292 e. The molecule has 0 aliphatic heterocycles. The number of anilines is 1. The van der Waals surface area contributed by atoms with E-state index in [0.717, 1.165) is 5.56 Å². The van der Waals surface area contributed by atoms with Crippen LogP contribution in [0.5, 0.6) is 0 Å². The van der Waals surface area contributed by atoms with Gasteiger partial charge in [-0.1, -0.05) is 41.9 Å². The molecule has 0 bridgehead atoms. The topological polar surface area (TPSA) is 91.9 Å². The number of sulfonamides is 1. The summed E-state index contributed by atoms with van der Waals surface area (Å²) in [5, 5.41) is 0.580. The van der Waals surface area contributed by atoms with Crippen LogP contribution in [0.2, 0.25) is 5.02 Å². The number of aryl methyl sites for hydroxylation is 1. The minimum absolute atomic E-state index is 0.0864. The summed E-state index contributed by atoms with van der Waals surface area (Å²) >= 11 is 5.97. The highest BCUT2D eigenvalue weighted by molar-refractivity contribution is 7.92. The van der Waals surface area contributed by atoms with Gasteiger partial charge in [-0.3, -0.25) is 9.78 Å².